The van der Waals surface area contributed by atoms with Gasteiger partial charge in [0.25, 0.3) is 5.91 Å². The molecular formula is C20H27FN4O2. The van der Waals surface area contributed by atoms with Crippen molar-refractivity contribution in [1.82, 2.24) is 20.4 Å². The molecule has 2 heterocycles. The van der Waals surface area contributed by atoms with Gasteiger partial charge in [-0.05, 0) is 57.5 Å². The van der Waals surface area contributed by atoms with Crippen LogP contribution in [0.2, 0.25) is 0 Å². The van der Waals surface area contributed by atoms with Gasteiger partial charge in [0.05, 0.1) is 23.1 Å². The van der Waals surface area contributed by atoms with Crippen molar-refractivity contribution >= 4 is 5.91 Å². The highest BCUT2D eigenvalue weighted by Gasteiger charge is 2.27. The van der Waals surface area contributed by atoms with Gasteiger partial charge in [0.2, 0.25) is 0 Å². The van der Waals surface area contributed by atoms with E-state index in [1.807, 2.05) is 13.0 Å². The SMILES string of the molecule is CCOCCCNC(=O)c1cnn(-c2cccc(F)c2)c1C1CCNCC1. The van der Waals surface area contributed by atoms with Gasteiger partial charge in [0.15, 0.2) is 0 Å². The third-order valence-electron chi connectivity index (χ3n) is 4.78. The summed E-state index contributed by atoms with van der Waals surface area (Å²) in [5.41, 5.74) is 2.07. The Hall–Kier alpha value is -2.25. The van der Waals surface area contributed by atoms with Crippen LogP contribution in [-0.4, -0.2) is 48.5 Å². The fraction of sp³-hybridized carbons (Fsp3) is 0.500. The van der Waals surface area contributed by atoms with E-state index in [0.717, 1.165) is 38.0 Å². The lowest BCUT2D eigenvalue weighted by Gasteiger charge is -2.24. The van der Waals surface area contributed by atoms with Crippen LogP contribution in [-0.2, 0) is 4.74 Å². The first-order valence-corrected chi connectivity index (χ1v) is 9.61. The number of piperidine rings is 1. The van der Waals surface area contributed by atoms with E-state index in [-0.39, 0.29) is 17.6 Å². The number of hydrogen-bond acceptors (Lipinski definition) is 4. The molecule has 0 radical (unpaired) electrons. The second kappa shape index (κ2) is 9.62. The molecule has 1 aliphatic rings. The summed E-state index contributed by atoms with van der Waals surface area (Å²) < 4.78 is 20.7. The highest BCUT2D eigenvalue weighted by Crippen LogP contribution is 2.30. The first kappa shape index (κ1) is 19.5. The van der Waals surface area contributed by atoms with Gasteiger partial charge < -0.3 is 15.4 Å². The number of halogens is 1. The van der Waals surface area contributed by atoms with Gasteiger partial charge in [-0.15, -0.1) is 0 Å². The Morgan fingerprint density at radius 3 is 2.96 bits per heavy atom. The molecule has 1 aromatic heterocycles. The molecule has 146 valence electrons. The highest BCUT2D eigenvalue weighted by molar-refractivity contribution is 5.95. The Morgan fingerprint density at radius 2 is 2.22 bits per heavy atom. The summed E-state index contributed by atoms with van der Waals surface area (Å²) in [6.45, 7) is 5.60. The van der Waals surface area contributed by atoms with Crippen molar-refractivity contribution in [2.24, 2.45) is 0 Å². The van der Waals surface area contributed by atoms with Gasteiger partial charge in [-0.3, -0.25) is 4.79 Å². The molecule has 6 nitrogen and oxygen atoms in total. The van der Waals surface area contributed by atoms with Crippen molar-refractivity contribution in [1.29, 1.82) is 0 Å². The molecule has 0 bridgehead atoms. The number of carbonyl (C=O) groups excluding carboxylic acids is 1. The fourth-order valence-corrected chi connectivity index (χ4v) is 3.45. The van der Waals surface area contributed by atoms with Crippen molar-refractivity contribution in [2.75, 3.05) is 32.8 Å². The lowest BCUT2D eigenvalue weighted by molar-refractivity contribution is 0.0942. The zero-order chi connectivity index (χ0) is 19.1. The maximum atomic E-state index is 13.7. The first-order chi connectivity index (χ1) is 13.2. The zero-order valence-corrected chi connectivity index (χ0v) is 15.7. The van der Waals surface area contributed by atoms with E-state index >= 15 is 0 Å². The van der Waals surface area contributed by atoms with E-state index in [2.05, 4.69) is 15.7 Å². The van der Waals surface area contributed by atoms with Gasteiger partial charge in [-0.2, -0.15) is 5.10 Å². The monoisotopic (exact) mass is 374 g/mol. The van der Waals surface area contributed by atoms with Crippen molar-refractivity contribution in [3.05, 3.63) is 47.5 Å². The van der Waals surface area contributed by atoms with Gasteiger partial charge >= 0.3 is 0 Å². The van der Waals surface area contributed by atoms with Crippen LogP contribution in [0.3, 0.4) is 0 Å². The summed E-state index contributed by atoms with van der Waals surface area (Å²) in [7, 11) is 0. The molecule has 0 unspecified atom stereocenters. The average Bonchev–Trinajstić information content (AvgIpc) is 3.13. The summed E-state index contributed by atoms with van der Waals surface area (Å²) >= 11 is 0. The van der Waals surface area contributed by atoms with Crippen LogP contribution >= 0.6 is 0 Å². The normalized spacial score (nSPS) is 15.0. The number of nitrogens with zero attached hydrogens (tertiary/aromatic N) is 2. The molecule has 1 aromatic carbocycles. The molecule has 0 atom stereocenters. The number of aromatic nitrogens is 2. The Morgan fingerprint density at radius 1 is 1.41 bits per heavy atom. The van der Waals surface area contributed by atoms with Gasteiger partial charge in [0.1, 0.15) is 5.82 Å². The molecule has 3 rings (SSSR count). The maximum Gasteiger partial charge on any atom is 0.254 e. The van der Waals surface area contributed by atoms with Crippen LogP contribution in [0, 0.1) is 5.82 Å². The Kier molecular flexibility index (Phi) is 6.95. The van der Waals surface area contributed by atoms with Crippen molar-refractivity contribution in [3.8, 4) is 5.69 Å². The summed E-state index contributed by atoms with van der Waals surface area (Å²) in [6, 6.07) is 6.32. The van der Waals surface area contributed by atoms with E-state index in [1.54, 1.807) is 16.9 Å². The molecule has 7 heteroatoms. The third-order valence-corrected chi connectivity index (χ3v) is 4.78. The smallest absolute Gasteiger partial charge is 0.254 e. The summed E-state index contributed by atoms with van der Waals surface area (Å²) in [4.78, 5) is 12.8. The Balaban J connectivity index is 1.83. The number of hydrogen-bond donors (Lipinski definition) is 2. The number of carbonyl (C=O) groups is 1. The van der Waals surface area contributed by atoms with E-state index in [4.69, 9.17) is 4.74 Å². The Labute approximate surface area is 159 Å². The molecule has 0 saturated carbocycles. The van der Waals surface area contributed by atoms with Crippen molar-refractivity contribution < 1.29 is 13.9 Å². The number of ether oxygens (including phenoxy) is 1. The van der Waals surface area contributed by atoms with Crippen LogP contribution in [0.5, 0.6) is 0 Å². The van der Waals surface area contributed by atoms with Crippen LogP contribution in [0.1, 0.15) is 48.2 Å². The standard InChI is InChI=1S/C20H27FN4O2/c1-2-27-12-4-9-23-20(26)18-14-24-25(17-6-3-5-16(21)13-17)19(18)15-7-10-22-11-8-15/h3,5-6,13-15,22H,2,4,7-12H2,1H3,(H,23,26). The number of amides is 1. The topological polar surface area (TPSA) is 68.2 Å². The van der Waals surface area contributed by atoms with Crippen LogP contribution in [0.25, 0.3) is 5.69 Å². The van der Waals surface area contributed by atoms with E-state index in [9.17, 15) is 9.18 Å². The lowest BCUT2D eigenvalue weighted by atomic mass is 9.91. The van der Waals surface area contributed by atoms with Gasteiger partial charge in [-0.25, -0.2) is 9.07 Å². The highest BCUT2D eigenvalue weighted by atomic mass is 19.1. The summed E-state index contributed by atoms with van der Waals surface area (Å²) in [6.07, 6.45) is 4.21. The maximum absolute atomic E-state index is 13.7. The van der Waals surface area contributed by atoms with Gasteiger partial charge in [0, 0.05) is 25.7 Å². The van der Waals surface area contributed by atoms with E-state index < -0.39 is 0 Å². The second-order valence-corrected chi connectivity index (χ2v) is 6.67. The number of nitrogens with one attached hydrogen (secondary N) is 2. The lowest BCUT2D eigenvalue weighted by Crippen LogP contribution is -2.30. The van der Waals surface area contributed by atoms with E-state index in [1.165, 1.54) is 12.1 Å². The first-order valence-electron chi connectivity index (χ1n) is 9.61. The van der Waals surface area contributed by atoms with Crippen LogP contribution in [0.15, 0.2) is 30.5 Å². The zero-order valence-electron chi connectivity index (χ0n) is 15.7. The second-order valence-electron chi connectivity index (χ2n) is 6.67. The predicted molar refractivity (Wildman–Crippen MR) is 102 cm³/mol. The van der Waals surface area contributed by atoms with Crippen molar-refractivity contribution in [2.45, 2.75) is 32.1 Å². The molecule has 1 saturated heterocycles. The molecule has 0 aliphatic carbocycles. The molecular weight excluding hydrogens is 347 g/mol. The minimum absolute atomic E-state index is 0.136. The third kappa shape index (κ3) is 4.93. The minimum Gasteiger partial charge on any atom is -0.382 e. The molecule has 1 aliphatic heterocycles. The molecule has 2 N–H and O–H groups in total. The summed E-state index contributed by atoms with van der Waals surface area (Å²) in [5, 5.41) is 10.7. The Bertz CT molecular complexity index is 756. The fourth-order valence-electron chi connectivity index (χ4n) is 3.45. The average molecular weight is 374 g/mol. The molecule has 1 amide bonds. The van der Waals surface area contributed by atoms with Crippen molar-refractivity contribution in [3.63, 3.8) is 0 Å². The molecule has 2 aromatic rings. The minimum atomic E-state index is -0.318. The van der Waals surface area contributed by atoms with Crippen LogP contribution in [0.4, 0.5) is 4.39 Å². The number of rotatable bonds is 8. The summed E-state index contributed by atoms with van der Waals surface area (Å²) in [5.74, 6) is -0.245. The largest absolute Gasteiger partial charge is 0.382 e. The quantitative estimate of drug-likeness (QED) is 0.697. The van der Waals surface area contributed by atoms with E-state index in [0.29, 0.717) is 31.0 Å². The van der Waals surface area contributed by atoms with Crippen LogP contribution < -0.4 is 10.6 Å². The van der Waals surface area contributed by atoms with Gasteiger partial charge in [-0.1, -0.05) is 6.07 Å². The molecule has 27 heavy (non-hydrogen) atoms. The molecule has 1 fully saturated rings. The number of benzene rings is 1. The molecule has 0 spiro atoms. The predicted octanol–water partition coefficient (Wildman–Crippen LogP) is 2.63.